The third kappa shape index (κ3) is 2.10. The molecule has 1 rings (SSSR count). The lowest BCUT2D eigenvalue weighted by molar-refractivity contribution is 0.538. The van der Waals surface area contributed by atoms with Crippen LogP contribution in [0.5, 0.6) is 0 Å². The van der Waals surface area contributed by atoms with Crippen molar-refractivity contribution in [2.45, 2.75) is 32.7 Å². The summed E-state index contributed by atoms with van der Waals surface area (Å²) in [4.78, 5) is 0. The van der Waals surface area contributed by atoms with E-state index >= 15 is 0 Å². The molecule has 3 heteroatoms. The summed E-state index contributed by atoms with van der Waals surface area (Å²) in [6.45, 7) is 4.32. The van der Waals surface area contributed by atoms with E-state index in [0.717, 1.165) is 0 Å². The molecule has 0 bridgehead atoms. The monoisotopic (exact) mass is 181 g/mol. The highest BCUT2D eigenvalue weighted by Gasteiger charge is 2.13. The van der Waals surface area contributed by atoms with Gasteiger partial charge in [0.1, 0.15) is 0 Å². The fourth-order valence-electron chi connectivity index (χ4n) is 1.60. The third-order valence-corrected chi connectivity index (χ3v) is 2.57. The second-order valence-corrected chi connectivity index (χ2v) is 3.44. The fourth-order valence-corrected chi connectivity index (χ4v) is 1.60. The number of hydrogen-bond acceptors (Lipinski definition) is 2. The first kappa shape index (κ1) is 10.3. The molecule has 0 spiro atoms. The highest BCUT2D eigenvalue weighted by atomic mass is 15.3. The van der Waals surface area contributed by atoms with Gasteiger partial charge in [-0.1, -0.05) is 13.3 Å². The minimum Gasteiger partial charge on any atom is -0.313 e. The molecule has 0 saturated carbocycles. The van der Waals surface area contributed by atoms with Crippen LogP contribution >= 0.6 is 0 Å². The minimum absolute atomic E-state index is 0.457. The Labute approximate surface area is 80.1 Å². The van der Waals surface area contributed by atoms with Crippen molar-refractivity contribution in [3.8, 4) is 0 Å². The van der Waals surface area contributed by atoms with Gasteiger partial charge in [-0.15, -0.1) is 0 Å². The van der Waals surface area contributed by atoms with E-state index < -0.39 is 0 Å². The van der Waals surface area contributed by atoms with Crippen molar-refractivity contribution in [3.05, 3.63) is 17.5 Å². The Balaban J connectivity index is 2.84. The largest absolute Gasteiger partial charge is 0.313 e. The Kier molecular flexibility index (Phi) is 3.48. The van der Waals surface area contributed by atoms with Gasteiger partial charge in [-0.2, -0.15) is 5.10 Å². The molecule has 1 unspecified atom stereocenters. The Morgan fingerprint density at radius 2 is 2.31 bits per heavy atom. The van der Waals surface area contributed by atoms with E-state index in [-0.39, 0.29) is 0 Å². The molecule has 74 valence electrons. The summed E-state index contributed by atoms with van der Waals surface area (Å²) in [5.41, 5.74) is 2.58. The lowest BCUT2D eigenvalue weighted by atomic mass is 10.0. The van der Waals surface area contributed by atoms with Crippen LogP contribution in [0, 0.1) is 6.92 Å². The van der Waals surface area contributed by atoms with Gasteiger partial charge in [-0.25, -0.2) is 0 Å². The Bertz CT molecular complexity index is 265. The quantitative estimate of drug-likeness (QED) is 0.767. The van der Waals surface area contributed by atoms with Crippen molar-refractivity contribution in [2.75, 3.05) is 7.05 Å². The minimum atomic E-state index is 0.457. The molecule has 0 aromatic carbocycles. The molecule has 0 aliphatic rings. The average Bonchev–Trinajstić information content (AvgIpc) is 2.45. The molecule has 1 aromatic heterocycles. The average molecular weight is 181 g/mol. The summed E-state index contributed by atoms with van der Waals surface area (Å²) in [7, 11) is 3.99. The highest BCUT2D eigenvalue weighted by Crippen LogP contribution is 2.20. The molecule has 1 N–H and O–H groups in total. The maximum atomic E-state index is 4.24. The molecule has 1 aromatic rings. The van der Waals surface area contributed by atoms with Gasteiger partial charge < -0.3 is 5.32 Å². The van der Waals surface area contributed by atoms with E-state index in [1.54, 1.807) is 0 Å². The van der Waals surface area contributed by atoms with E-state index in [2.05, 4.69) is 24.3 Å². The van der Waals surface area contributed by atoms with E-state index in [4.69, 9.17) is 0 Å². The van der Waals surface area contributed by atoms with Crippen LogP contribution < -0.4 is 5.32 Å². The number of nitrogens with one attached hydrogen (secondary N) is 1. The third-order valence-electron chi connectivity index (χ3n) is 2.57. The number of hydrogen-bond donors (Lipinski definition) is 1. The second-order valence-electron chi connectivity index (χ2n) is 3.44. The van der Waals surface area contributed by atoms with Gasteiger partial charge in [0.2, 0.25) is 0 Å². The van der Waals surface area contributed by atoms with Crippen molar-refractivity contribution in [1.29, 1.82) is 0 Å². The van der Waals surface area contributed by atoms with Crippen LogP contribution in [0.1, 0.15) is 37.1 Å². The van der Waals surface area contributed by atoms with Crippen molar-refractivity contribution < 1.29 is 0 Å². The lowest BCUT2D eigenvalue weighted by Crippen LogP contribution is -2.16. The summed E-state index contributed by atoms with van der Waals surface area (Å²) in [6.07, 6.45) is 4.33. The van der Waals surface area contributed by atoms with Crippen LogP contribution in [0.25, 0.3) is 0 Å². The van der Waals surface area contributed by atoms with Crippen LogP contribution in [0.15, 0.2) is 6.20 Å². The number of aryl methyl sites for hydroxylation is 1. The normalized spacial score (nSPS) is 13.2. The number of nitrogens with zero attached hydrogens (tertiary/aromatic N) is 2. The number of aromatic nitrogens is 2. The first-order valence-corrected chi connectivity index (χ1v) is 4.86. The summed E-state index contributed by atoms with van der Waals surface area (Å²) < 4.78 is 1.93. The smallest absolute Gasteiger partial charge is 0.0540 e. The van der Waals surface area contributed by atoms with Crippen molar-refractivity contribution in [1.82, 2.24) is 15.1 Å². The summed E-state index contributed by atoms with van der Waals surface area (Å²) in [6, 6.07) is 0.457. The van der Waals surface area contributed by atoms with Crippen LogP contribution in [-0.4, -0.2) is 16.8 Å². The summed E-state index contributed by atoms with van der Waals surface area (Å²) in [5.74, 6) is 0. The van der Waals surface area contributed by atoms with Crippen LogP contribution in [-0.2, 0) is 7.05 Å². The standard InChI is InChI=1S/C10H19N3/c1-5-6-10(11-3)9-7-12-13(4)8(9)2/h7,10-11H,5-6H2,1-4H3. The van der Waals surface area contributed by atoms with Gasteiger partial charge in [-0.3, -0.25) is 4.68 Å². The Hall–Kier alpha value is -0.830. The highest BCUT2D eigenvalue weighted by molar-refractivity contribution is 5.20. The zero-order valence-corrected chi connectivity index (χ0v) is 8.96. The zero-order chi connectivity index (χ0) is 9.84. The van der Waals surface area contributed by atoms with Gasteiger partial charge in [0.15, 0.2) is 0 Å². The van der Waals surface area contributed by atoms with E-state index in [0.29, 0.717) is 6.04 Å². The maximum absolute atomic E-state index is 4.24. The van der Waals surface area contributed by atoms with Crippen LogP contribution in [0.4, 0.5) is 0 Å². The summed E-state index contributed by atoms with van der Waals surface area (Å²) in [5, 5.41) is 7.56. The zero-order valence-electron chi connectivity index (χ0n) is 8.96. The van der Waals surface area contributed by atoms with E-state index in [1.165, 1.54) is 24.1 Å². The molecule has 0 radical (unpaired) electrons. The summed E-state index contributed by atoms with van der Waals surface area (Å²) >= 11 is 0. The first-order valence-electron chi connectivity index (χ1n) is 4.86. The van der Waals surface area contributed by atoms with E-state index in [9.17, 15) is 0 Å². The Morgan fingerprint density at radius 1 is 1.62 bits per heavy atom. The second kappa shape index (κ2) is 4.42. The molecule has 0 aliphatic heterocycles. The molecule has 0 aliphatic carbocycles. The molecule has 13 heavy (non-hydrogen) atoms. The topological polar surface area (TPSA) is 29.9 Å². The lowest BCUT2D eigenvalue weighted by Gasteiger charge is -2.14. The molecule has 1 atom stereocenters. The van der Waals surface area contributed by atoms with Gasteiger partial charge in [0.25, 0.3) is 0 Å². The van der Waals surface area contributed by atoms with Crippen molar-refractivity contribution in [2.24, 2.45) is 7.05 Å². The predicted molar refractivity (Wildman–Crippen MR) is 54.7 cm³/mol. The first-order chi connectivity index (χ1) is 6.20. The predicted octanol–water partition coefficient (Wildman–Crippen LogP) is 1.79. The van der Waals surface area contributed by atoms with Gasteiger partial charge in [0, 0.05) is 24.3 Å². The molecule has 3 nitrogen and oxygen atoms in total. The van der Waals surface area contributed by atoms with Gasteiger partial charge in [-0.05, 0) is 20.4 Å². The molecule has 0 amide bonds. The van der Waals surface area contributed by atoms with Gasteiger partial charge >= 0.3 is 0 Å². The van der Waals surface area contributed by atoms with E-state index in [1.807, 2.05) is 25.0 Å². The molecular formula is C10H19N3. The maximum Gasteiger partial charge on any atom is 0.0540 e. The van der Waals surface area contributed by atoms with Crippen LogP contribution in [0.3, 0.4) is 0 Å². The Morgan fingerprint density at radius 3 is 2.69 bits per heavy atom. The van der Waals surface area contributed by atoms with Crippen molar-refractivity contribution in [3.63, 3.8) is 0 Å². The molecule has 1 heterocycles. The molecule has 0 fully saturated rings. The molecule has 0 saturated heterocycles. The molecular weight excluding hydrogens is 162 g/mol. The number of rotatable bonds is 4. The SMILES string of the molecule is CCCC(NC)c1cnn(C)c1C. The van der Waals surface area contributed by atoms with Crippen LogP contribution in [0.2, 0.25) is 0 Å². The van der Waals surface area contributed by atoms with Gasteiger partial charge in [0.05, 0.1) is 6.20 Å². The fraction of sp³-hybridized carbons (Fsp3) is 0.700. The van der Waals surface area contributed by atoms with Crippen molar-refractivity contribution >= 4 is 0 Å².